The Balaban J connectivity index is 1.27. The number of hydrogen-bond acceptors (Lipinski definition) is 4. The average molecular weight is 401 g/mol. The van der Waals surface area contributed by atoms with Crippen molar-refractivity contribution in [2.24, 2.45) is 0 Å². The summed E-state index contributed by atoms with van der Waals surface area (Å²) in [6, 6.07) is 17.2. The zero-order chi connectivity index (χ0) is 20.5. The summed E-state index contributed by atoms with van der Waals surface area (Å²) in [7, 11) is 0. The van der Waals surface area contributed by atoms with Crippen molar-refractivity contribution >= 4 is 17.6 Å². The zero-order valence-corrected chi connectivity index (χ0v) is 16.6. The van der Waals surface area contributed by atoms with Gasteiger partial charge >= 0.3 is 5.97 Å². The number of benzene rings is 2. The molecule has 6 nitrogen and oxygen atoms in total. The molecule has 0 aliphatic heterocycles. The SMILES string of the molecule is O=C(COC(=O)c1cc(C2CC2)nn1-c1ccccc1)Nc1ccc2c(c1)CCC2. The second-order valence-corrected chi connectivity index (χ2v) is 7.94. The van der Waals surface area contributed by atoms with Gasteiger partial charge in [0.05, 0.1) is 11.4 Å². The van der Waals surface area contributed by atoms with E-state index in [1.807, 2.05) is 42.5 Å². The van der Waals surface area contributed by atoms with Crippen LogP contribution in [0, 0.1) is 0 Å². The molecule has 2 aliphatic carbocycles. The Morgan fingerprint density at radius 2 is 1.83 bits per heavy atom. The van der Waals surface area contributed by atoms with Gasteiger partial charge in [-0.15, -0.1) is 0 Å². The lowest BCUT2D eigenvalue weighted by Gasteiger charge is -2.09. The van der Waals surface area contributed by atoms with Crippen LogP contribution in [0.15, 0.2) is 54.6 Å². The fraction of sp³-hybridized carbons (Fsp3) is 0.292. The number of aromatic nitrogens is 2. The maximum Gasteiger partial charge on any atom is 0.357 e. The number of hydrogen-bond donors (Lipinski definition) is 1. The Bertz CT molecular complexity index is 1100. The molecule has 1 saturated carbocycles. The summed E-state index contributed by atoms with van der Waals surface area (Å²) in [5.74, 6) is -0.499. The topological polar surface area (TPSA) is 73.2 Å². The molecule has 0 atom stereocenters. The van der Waals surface area contributed by atoms with Gasteiger partial charge in [-0.3, -0.25) is 4.79 Å². The summed E-state index contributed by atoms with van der Waals surface area (Å²) < 4.78 is 6.92. The van der Waals surface area contributed by atoms with E-state index in [1.165, 1.54) is 11.1 Å². The van der Waals surface area contributed by atoms with Gasteiger partial charge in [0.1, 0.15) is 0 Å². The number of carbonyl (C=O) groups excluding carboxylic acids is 2. The minimum Gasteiger partial charge on any atom is -0.451 e. The molecule has 1 aromatic heterocycles. The largest absolute Gasteiger partial charge is 0.451 e. The van der Waals surface area contributed by atoms with Crippen LogP contribution in [0.2, 0.25) is 0 Å². The fourth-order valence-corrected chi connectivity index (χ4v) is 3.94. The molecule has 2 aliphatic rings. The minimum absolute atomic E-state index is 0.339. The highest BCUT2D eigenvalue weighted by atomic mass is 16.5. The highest BCUT2D eigenvalue weighted by molar-refractivity contribution is 5.95. The number of para-hydroxylation sites is 1. The maximum atomic E-state index is 12.7. The predicted octanol–water partition coefficient (Wildman–Crippen LogP) is 4.03. The molecule has 0 bridgehead atoms. The van der Waals surface area contributed by atoms with Crippen molar-refractivity contribution in [2.75, 3.05) is 11.9 Å². The number of carbonyl (C=O) groups is 2. The van der Waals surface area contributed by atoms with Gasteiger partial charge in [-0.25, -0.2) is 9.48 Å². The quantitative estimate of drug-likeness (QED) is 0.633. The van der Waals surface area contributed by atoms with Crippen LogP contribution in [0.5, 0.6) is 0 Å². The molecule has 3 aromatic rings. The second kappa shape index (κ2) is 7.78. The highest BCUT2D eigenvalue weighted by Gasteiger charge is 2.29. The lowest BCUT2D eigenvalue weighted by Crippen LogP contribution is -2.22. The van der Waals surface area contributed by atoms with Gasteiger partial charge in [-0.1, -0.05) is 24.3 Å². The van der Waals surface area contributed by atoms with Crippen LogP contribution >= 0.6 is 0 Å². The summed E-state index contributed by atoms with van der Waals surface area (Å²) in [6.45, 7) is -0.339. The van der Waals surface area contributed by atoms with Gasteiger partial charge in [0.15, 0.2) is 12.3 Å². The minimum atomic E-state index is -0.553. The Morgan fingerprint density at radius 1 is 1.03 bits per heavy atom. The van der Waals surface area contributed by atoms with E-state index in [1.54, 1.807) is 10.7 Å². The first kappa shape index (κ1) is 18.6. The molecule has 0 radical (unpaired) electrons. The second-order valence-electron chi connectivity index (χ2n) is 7.94. The number of nitrogens with zero attached hydrogens (tertiary/aromatic N) is 2. The first-order chi connectivity index (χ1) is 14.7. The predicted molar refractivity (Wildman–Crippen MR) is 113 cm³/mol. The summed E-state index contributed by atoms with van der Waals surface area (Å²) in [5.41, 5.74) is 5.40. The normalized spacial score (nSPS) is 14.9. The number of rotatable bonds is 6. The third kappa shape index (κ3) is 3.85. The standard InChI is InChI=1S/C24H23N3O3/c28-23(25-19-12-11-16-5-4-6-18(16)13-19)15-30-24(29)22-14-21(17-9-10-17)26-27(22)20-7-2-1-3-8-20/h1-3,7-8,11-14,17H,4-6,9-10,15H2,(H,25,28). The van der Waals surface area contributed by atoms with E-state index in [2.05, 4.69) is 16.5 Å². The van der Waals surface area contributed by atoms with Crippen molar-refractivity contribution in [3.8, 4) is 5.69 Å². The molecule has 1 amide bonds. The fourth-order valence-electron chi connectivity index (χ4n) is 3.94. The lowest BCUT2D eigenvalue weighted by atomic mass is 10.1. The molecule has 30 heavy (non-hydrogen) atoms. The molecule has 1 heterocycles. The van der Waals surface area contributed by atoms with Gasteiger partial charge in [-0.05, 0) is 73.6 Å². The Morgan fingerprint density at radius 3 is 2.63 bits per heavy atom. The van der Waals surface area contributed by atoms with Gasteiger partial charge in [0, 0.05) is 11.6 Å². The van der Waals surface area contributed by atoms with Crippen LogP contribution in [0.4, 0.5) is 5.69 Å². The molecule has 1 fully saturated rings. The van der Waals surface area contributed by atoms with E-state index in [9.17, 15) is 9.59 Å². The van der Waals surface area contributed by atoms with Crippen LogP contribution < -0.4 is 5.32 Å². The van der Waals surface area contributed by atoms with Crippen molar-refractivity contribution < 1.29 is 14.3 Å². The van der Waals surface area contributed by atoms with Crippen molar-refractivity contribution in [2.45, 2.75) is 38.0 Å². The van der Waals surface area contributed by atoms with E-state index in [4.69, 9.17) is 4.74 Å². The number of amides is 1. The van der Waals surface area contributed by atoms with Gasteiger partial charge < -0.3 is 10.1 Å². The number of anilines is 1. The van der Waals surface area contributed by atoms with Crippen molar-refractivity contribution in [3.63, 3.8) is 0 Å². The average Bonchev–Trinajstić information content (AvgIpc) is 3.34. The van der Waals surface area contributed by atoms with Crippen LogP contribution in [0.1, 0.15) is 52.5 Å². The van der Waals surface area contributed by atoms with E-state index in [0.717, 1.165) is 49.2 Å². The third-order valence-electron chi connectivity index (χ3n) is 5.65. The van der Waals surface area contributed by atoms with Gasteiger partial charge in [0.25, 0.3) is 5.91 Å². The van der Waals surface area contributed by atoms with Crippen LogP contribution in [0.25, 0.3) is 5.69 Å². The molecule has 6 heteroatoms. The lowest BCUT2D eigenvalue weighted by molar-refractivity contribution is -0.119. The van der Waals surface area contributed by atoms with E-state index in [-0.39, 0.29) is 12.5 Å². The molecular formula is C24H23N3O3. The molecule has 152 valence electrons. The van der Waals surface area contributed by atoms with Gasteiger partial charge in [0.2, 0.25) is 0 Å². The summed E-state index contributed by atoms with van der Waals surface area (Å²) in [5, 5.41) is 7.43. The Kier molecular flexibility index (Phi) is 4.83. The molecule has 1 N–H and O–H groups in total. The van der Waals surface area contributed by atoms with E-state index in [0.29, 0.717) is 11.6 Å². The van der Waals surface area contributed by atoms with Gasteiger partial charge in [-0.2, -0.15) is 5.10 Å². The smallest absolute Gasteiger partial charge is 0.357 e. The zero-order valence-electron chi connectivity index (χ0n) is 16.6. The summed E-state index contributed by atoms with van der Waals surface area (Å²) >= 11 is 0. The molecule has 0 unspecified atom stereocenters. The van der Waals surface area contributed by atoms with E-state index >= 15 is 0 Å². The number of esters is 1. The van der Waals surface area contributed by atoms with Crippen molar-refractivity contribution in [1.82, 2.24) is 9.78 Å². The Hall–Kier alpha value is -3.41. The first-order valence-electron chi connectivity index (χ1n) is 10.4. The summed E-state index contributed by atoms with van der Waals surface area (Å²) in [6.07, 6.45) is 5.47. The van der Waals surface area contributed by atoms with Crippen LogP contribution in [-0.4, -0.2) is 28.3 Å². The number of ether oxygens (including phenoxy) is 1. The third-order valence-corrected chi connectivity index (χ3v) is 5.65. The van der Waals surface area contributed by atoms with E-state index < -0.39 is 5.97 Å². The molecular weight excluding hydrogens is 378 g/mol. The molecule has 0 spiro atoms. The highest BCUT2D eigenvalue weighted by Crippen LogP contribution is 2.39. The summed E-state index contributed by atoms with van der Waals surface area (Å²) in [4.78, 5) is 25.1. The number of aryl methyl sites for hydroxylation is 2. The number of fused-ring (bicyclic) bond motifs is 1. The molecule has 0 saturated heterocycles. The molecule has 2 aromatic carbocycles. The van der Waals surface area contributed by atoms with Crippen molar-refractivity contribution in [1.29, 1.82) is 0 Å². The first-order valence-corrected chi connectivity index (χ1v) is 10.4. The van der Waals surface area contributed by atoms with Crippen LogP contribution in [-0.2, 0) is 22.4 Å². The van der Waals surface area contributed by atoms with Crippen molar-refractivity contribution in [3.05, 3.63) is 77.1 Å². The van der Waals surface area contributed by atoms with Crippen LogP contribution in [0.3, 0.4) is 0 Å². The maximum absolute atomic E-state index is 12.7. The number of nitrogens with one attached hydrogen (secondary N) is 1. The Labute approximate surface area is 174 Å². The monoisotopic (exact) mass is 401 g/mol. The molecule has 5 rings (SSSR count).